The maximum Gasteiger partial charge on any atom is 0.0946 e. The van der Waals surface area contributed by atoms with E-state index in [1.54, 1.807) is 10.9 Å². The normalized spacial score (nSPS) is 12.8. The minimum absolute atomic E-state index is 0.135. The van der Waals surface area contributed by atoms with E-state index in [0.717, 1.165) is 26.8 Å². The molecule has 0 aliphatic carbocycles. The molecule has 0 aliphatic rings. The molecular weight excluding hydrogens is 352 g/mol. The molecule has 3 rings (SSSR count). The lowest BCUT2D eigenvalue weighted by Gasteiger charge is -2.18. The van der Waals surface area contributed by atoms with Crippen LogP contribution in [0.2, 0.25) is 5.02 Å². The van der Waals surface area contributed by atoms with Gasteiger partial charge in [0.1, 0.15) is 0 Å². The van der Waals surface area contributed by atoms with E-state index in [2.05, 4.69) is 32.4 Å². The summed E-state index contributed by atoms with van der Waals surface area (Å²) < 4.78 is 2.71. The van der Waals surface area contributed by atoms with Crippen LogP contribution in [0.5, 0.6) is 0 Å². The number of aryl methyl sites for hydroxylation is 1. The highest BCUT2D eigenvalue weighted by molar-refractivity contribution is 9.10. The summed E-state index contributed by atoms with van der Waals surface area (Å²) in [5.41, 5.74) is 2.73. The second kappa shape index (κ2) is 5.75. The van der Waals surface area contributed by atoms with Crippen molar-refractivity contribution in [1.29, 1.82) is 0 Å². The first-order valence-corrected chi connectivity index (χ1v) is 7.68. The number of aromatic nitrogens is 3. The Hall–Kier alpha value is -1.43. The Bertz CT molecular complexity index is 780. The number of nitrogens with zero attached hydrogens (tertiary/aromatic N) is 3. The molecule has 2 aromatic heterocycles. The summed E-state index contributed by atoms with van der Waals surface area (Å²) >= 11 is 9.89. The van der Waals surface area contributed by atoms with Gasteiger partial charge in [-0.3, -0.25) is 4.68 Å². The van der Waals surface area contributed by atoms with Crippen LogP contribution >= 0.6 is 27.5 Å². The van der Waals surface area contributed by atoms with E-state index in [1.165, 1.54) is 0 Å². The van der Waals surface area contributed by atoms with Crippen LogP contribution in [-0.4, -0.2) is 21.8 Å². The van der Waals surface area contributed by atoms with Crippen molar-refractivity contribution < 1.29 is 0 Å². The Labute approximate surface area is 136 Å². The molecule has 0 saturated heterocycles. The minimum atomic E-state index is -0.135. The van der Waals surface area contributed by atoms with Gasteiger partial charge in [-0.05, 0) is 35.1 Å². The number of benzene rings is 1. The zero-order chi connectivity index (χ0) is 15.0. The van der Waals surface area contributed by atoms with Gasteiger partial charge in [0.25, 0.3) is 0 Å². The summed E-state index contributed by atoms with van der Waals surface area (Å²) in [5.74, 6) is 0. The van der Waals surface area contributed by atoms with Crippen molar-refractivity contribution in [2.75, 3.05) is 7.05 Å². The molecule has 0 fully saturated rings. The number of fused-ring (bicyclic) bond motifs is 1. The van der Waals surface area contributed by atoms with Crippen LogP contribution in [0.25, 0.3) is 10.9 Å². The van der Waals surface area contributed by atoms with Crippen LogP contribution < -0.4 is 5.32 Å². The molecule has 21 heavy (non-hydrogen) atoms. The Kier molecular flexibility index (Phi) is 3.97. The van der Waals surface area contributed by atoms with Gasteiger partial charge in [0.15, 0.2) is 0 Å². The van der Waals surface area contributed by atoms with E-state index >= 15 is 0 Å². The maximum atomic E-state index is 6.27. The van der Waals surface area contributed by atoms with Gasteiger partial charge in [0.2, 0.25) is 0 Å². The first kappa shape index (κ1) is 14.5. The second-order valence-electron chi connectivity index (χ2n) is 4.77. The molecule has 0 amide bonds. The smallest absolute Gasteiger partial charge is 0.0946 e. The first-order chi connectivity index (χ1) is 10.1. The largest absolute Gasteiger partial charge is 0.307 e. The highest BCUT2D eigenvalue weighted by atomic mass is 79.9. The topological polar surface area (TPSA) is 42.7 Å². The van der Waals surface area contributed by atoms with Crippen LogP contribution in [-0.2, 0) is 7.05 Å². The zero-order valence-corrected chi connectivity index (χ0v) is 14.0. The van der Waals surface area contributed by atoms with Gasteiger partial charge in [-0.1, -0.05) is 29.8 Å². The highest BCUT2D eigenvalue weighted by Crippen LogP contribution is 2.32. The summed E-state index contributed by atoms with van der Waals surface area (Å²) in [4.78, 5) is 4.77. The Morgan fingerprint density at radius 2 is 2.10 bits per heavy atom. The van der Waals surface area contributed by atoms with Gasteiger partial charge in [0, 0.05) is 16.9 Å². The van der Waals surface area contributed by atoms with Gasteiger partial charge in [-0.15, -0.1) is 0 Å². The Balaban J connectivity index is 2.19. The Morgan fingerprint density at radius 1 is 1.33 bits per heavy atom. The van der Waals surface area contributed by atoms with Crippen LogP contribution in [0.3, 0.4) is 0 Å². The monoisotopic (exact) mass is 364 g/mol. The molecule has 0 bridgehead atoms. The third kappa shape index (κ3) is 2.57. The summed E-state index contributed by atoms with van der Waals surface area (Å²) in [6.07, 6.45) is 1.65. The molecule has 0 aliphatic heterocycles. The van der Waals surface area contributed by atoms with E-state index in [-0.39, 0.29) is 6.04 Å². The van der Waals surface area contributed by atoms with Crippen LogP contribution in [0.4, 0.5) is 0 Å². The van der Waals surface area contributed by atoms with Crippen LogP contribution in [0.1, 0.15) is 17.4 Å². The van der Waals surface area contributed by atoms with Gasteiger partial charge in [-0.2, -0.15) is 5.10 Å². The van der Waals surface area contributed by atoms with Crippen molar-refractivity contribution in [3.63, 3.8) is 0 Å². The van der Waals surface area contributed by atoms with Crippen molar-refractivity contribution in [2.45, 2.75) is 6.04 Å². The maximum absolute atomic E-state index is 6.27. The quantitative estimate of drug-likeness (QED) is 0.770. The minimum Gasteiger partial charge on any atom is -0.307 e. The summed E-state index contributed by atoms with van der Waals surface area (Å²) in [7, 11) is 3.76. The van der Waals surface area contributed by atoms with Gasteiger partial charge in [-0.25, -0.2) is 4.98 Å². The molecule has 0 radical (unpaired) electrons. The predicted molar refractivity (Wildman–Crippen MR) is 88.6 cm³/mol. The number of halogens is 2. The van der Waals surface area contributed by atoms with Crippen molar-refractivity contribution in [2.24, 2.45) is 7.05 Å². The van der Waals surface area contributed by atoms with E-state index in [9.17, 15) is 0 Å². The first-order valence-electron chi connectivity index (χ1n) is 6.51. The molecule has 4 nitrogen and oxygen atoms in total. The molecule has 3 aromatic rings. The number of rotatable bonds is 3. The fourth-order valence-electron chi connectivity index (χ4n) is 2.46. The SMILES string of the molecule is CNC(c1nc2ccccc2cc1Br)c1c(Cl)cnn1C. The molecule has 6 heteroatoms. The van der Waals surface area contributed by atoms with Crippen molar-refractivity contribution in [1.82, 2.24) is 20.1 Å². The van der Waals surface area contributed by atoms with E-state index in [1.807, 2.05) is 38.4 Å². The average molecular weight is 366 g/mol. The number of nitrogens with one attached hydrogen (secondary N) is 1. The van der Waals surface area contributed by atoms with E-state index in [4.69, 9.17) is 16.6 Å². The number of pyridine rings is 1. The van der Waals surface area contributed by atoms with Crippen LogP contribution in [0, 0.1) is 0 Å². The molecule has 0 saturated carbocycles. The summed E-state index contributed by atoms with van der Waals surface area (Å²) in [5, 5.41) is 9.19. The average Bonchev–Trinajstić information content (AvgIpc) is 2.81. The third-order valence-electron chi connectivity index (χ3n) is 3.48. The summed E-state index contributed by atoms with van der Waals surface area (Å²) in [6, 6.07) is 9.98. The fraction of sp³-hybridized carbons (Fsp3) is 0.200. The highest BCUT2D eigenvalue weighted by Gasteiger charge is 2.23. The molecule has 1 N–H and O–H groups in total. The number of para-hydroxylation sites is 1. The number of hydrogen-bond donors (Lipinski definition) is 1. The lowest BCUT2D eigenvalue weighted by atomic mass is 10.1. The molecule has 1 unspecified atom stereocenters. The third-order valence-corrected chi connectivity index (χ3v) is 4.40. The molecular formula is C15H14BrClN4. The van der Waals surface area contributed by atoms with Crippen LogP contribution in [0.15, 0.2) is 41.0 Å². The number of hydrogen-bond acceptors (Lipinski definition) is 3. The molecule has 1 atom stereocenters. The lowest BCUT2D eigenvalue weighted by molar-refractivity contribution is 0.594. The molecule has 0 spiro atoms. The molecule has 2 heterocycles. The van der Waals surface area contributed by atoms with Crippen molar-refractivity contribution in [3.05, 3.63) is 57.4 Å². The fourth-order valence-corrected chi connectivity index (χ4v) is 3.29. The zero-order valence-electron chi connectivity index (χ0n) is 11.6. The van der Waals surface area contributed by atoms with Gasteiger partial charge in [0.05, 0.1) is 34.2 Å². The standard InChI is InChI=1S/C15H14BrClN4/c1-18-14(15-11(17)8-19-21(15)2)13-10(16)7-9-5-3-4-6-12(9)20-13/h3-8,14,18H,1-2H3. The predicted octanol–water partition coefficient (Wildman–Crippen LogP) is 3.69. The van der Waals surface area contributed by atoms with Crippen molar-refractivity contribution in [3.8, 4) is 0 Å². The molecule has 108 valence electrons. The van der Waals surface area contributed by atoms with E-state index < -0.39 is 0 Å². The lowest BCUT2D eigenvalue weighted by Crippen LogP contribution is -2.22. The molecule has 1 aromatic carbocycles. The van der Waals surface area contributed by atoms with Crippen molar-refractivity contribution >= 4 is 38.4 Å². The van der Waals surface area contributed by atoms with Gasteiger partial charge >= 0.3 is 0 Å². The van der Waals surface area contributed by atoms with E-state index in [0.29, 0.717) is 5.02 Å². The summed E-state index contributed by atoms with van der Waals surface area (Å²) in [6.45, 7) is 0. The van der Waals surface area contributed by atoms with Gasteiger partial charge < -0.3 is 5.32 Å². The second-order valence-corrected chi connectivity index (χ2v) is 6.03. The Morgan fingerprint density at radius 3 is 2.76 bits per heavy atom.